The molecule has 0 saturated carbocycles. The molecule has 3 rings (SSSR count). The molecule has 36 heavy (non-hydrogen) atoms. The molecule has 0 radical (unpaired) electrons. The van der Waals surface area contributed by atoms with Crippen LogP contribution in [-0.2, 0) is 12.8 Å². The van der Waals surface area contributed by atoms with Crippen LogP contribution in [0.15, 0.2) is 30.3 Å². The Labute approximate surface area is 213 Å². The van der Waals surface area contributed by atoms with Gasteiger partial charge < -0.3 is 30.5 Å². The minimum Gasteiger partial charge on any atom is -0.488 e. The fourth-order valence-electron chi connectivity index (χ4n) is 4.25. The number of nitrogens with one attached hydrogen (secondary N) is 1. The van der Waals surface area contributed by atoms with Gasteiger partial charge in [0.25, 0.3) is 5.91 Å². The van der Waals surface area contributed by atoms with Crippen LogP contribution in [0.4, 0.5) is 18.9 Å². The molecule has 1 atom stereocenters. The van der Waals surface area contributed by atoms with Crippen molar-refractivity contribution in [1.29, 1.82) is 0 Å². The number of alkyl halides is 3. The van der Waals surface area contributed by atoms with Gasteiger partial charge in [0.1, 0.15) is 6.61 Å². The van der Waals surface area contributed by atoms with E-state index in [1.165, 1.54) is 18.2 Å². The molecular formula is C25H31ClF3N3O4. The van der Waals surface area contributed by atoms with Gasteiger partial charge in [-0.1, -0.05) is 17.7 Å². The van der Waals surface area contributed by atoms with E-state index in [1.807, 2.05) is 13.0 Å². The van der Waals surface area contributed by atoms with Gasteiger partial charge in [0.05, 0.1) is 11.3 Å². The molecule has 0 unspecified atom stereocenters. The van der Waals surface area contributed by atoms with Crippen molar-refractivity contribution >= 4 is 23.2 Å². The number of benzene rings is 2. The average Bonchev–Trinajstić information content (AvgIpc) is 3.21. The Morgan fingerprint density at radius 3 is 2.72 bits per heavy atom. The highest BCUT2D eigenvalue weighted by atomic mass is 35.5. The van der Waals surface area contributed by atoms with Crippen LogP contribution in [0, 0.1) is 0 Å². The lowest BCUT2D eigenvalue weighted by molar-refractivity contribution is -0.153. The SMILES string of the molecule is C[C@H](Cc1cc2c(c(C(N)=O)c1)N(CCCO)CC2)NCCOc1cc(Cl)ccc1OCC(F)(F)F. The van der Waals surface area contributed by atoms with Crippen LogP contribution in [0.1, 0.15) is 34.8 Å². The minimum atomic E-state index is -4.46. The summed E-state index contributed by atoms with van der Waals surface area (Å²) in [5.74, 6) is -0.380. The Bertz CT molecular complexity index is 1050. The summed E-state index contributed by atoms with van der Waals surface area (Å²) in [5.41, 5.74) is 9.07. The summed E-state index contributed by atoms with van der Waals surface area (Å²) in [5, 5.41) is 12.8. The molecule has 2 aromatic carbocycles. The molecule has 1 amide bonds. The summed E-state index contributed by atoms with van der Waals surface area (Å²) in [6.45, 7) is 2.70. The predicted molar refractivity (Wildman–Crippen MR) is 132 cm³/mol. The number of amides is 1. The predicted octanol–water partition coefficient (Wildman–Crippen LogP) is 3.72. The third kappa shape index (κ3) is 7.91. The number of anilines is 1. The van der Waals surface area contributed by atoms with E-state index in [0.717, 1.165) is 29.8 Å². The number of carbonyl (C=O) groups is 1. The van der Waals surface area contributed by atoms with Crippen molar-refractivity contribution in [2.75, 3.05) is 44.4 Å². The topological polar surface area (TPSA) is 97.1 Å². The molecule has 1 aliphatic rings. The average molecular weight is 530 g/mol. The lowest BCUT2D eigenvalue weighted by Gasteiger charge is -2.22. The number of fused-ring (bicyclic) bond motifs is 1. The van der Waals surface area contributed by atoms with Gasteiger partial charge in [-0.3, -0.25) is 4.79 Å². The normalized spacial score (nSPS) is 14.0. The molecule has 4 N–H and O–H groups in total. The van der Waals surface area contributed by atoms with Crippen molar-refractivity contribution < 1.29 is 32.5 Å². The number of nitrogens with zero attached hydrogens (tertiary/aromatic N) is 1. The molecular weight excluding hydrogens is 499 g/mol. The highest BCUT2D eigenvalue weighted by Crippen LogP contribution is 2.34. The van der Waals surface area contributed by atoms with E-state index in [9.17, 15) is 18.0 Å². The molecule has 7 nitrogen and oxygen atoms in total. The first-order valence-electron chi connectivity index (χ1n) is 11.7. The third-order valence-electron chi connectivity index (χ3n) is 5.76. The molecule has 0 aliphatic carbocycles. The van der Waals surface area contributed by atoms with Gasteiger partial charge in [-0.25, -0.2) is 0 Å². The second kappa shape index (κ2) is 12.5. The monoisotopic (exact) mass is 529 g/mol. The number of carbonyl (C=O) groups excluding carboxylic acids is 1. The molecule has 0 saturated heterocycles. The van der Waals surface area contributed by atoms with Crippen molar-refractivity contribution in [2.24, 2.45) is 5.73 Å². The Morgan fingerprint density at radius 1 is 1.25 bits per heavy atom. The van der Waals surface area contributed by atoms with Crippen LogP contribution in [-0.4, -0.2) is 62.7 Å². The summed E-state index contributed by atoms with van der Waals surface area (Å²) >= 11 is 5.95. The third-order valence-corrected chi connectivity index (χ3v) is 5.99. The second-order valence-corrected chi connectivity index (χ2v) is 9.17. The Kier molecular flexibility index (Phi) is 9.69. The number of hydrogen-bond donors (Lipinski definition) is 3. The summed E-state index contributed by atoms with van der Waals surface area (Å²) in [6.07, 6.45) is -2.39. The maximum Gasteiger partial charge on any atom is 0.422 e. The van der Waals surface area contributed by atoms with Gasteiger partial charge in [-0.15, -0.1) is 0 Å². The number of halogens is 4. The number of nitrogens with two attached hydrogens (primary N) is 1. The van der Waals surface area contributed by atoms with Crippen molar-refractivity contribution in [3.63, 3.8) is 0 Å². The fourth-order valence-corrected chi connectivity index (χ4v) is 4.41. The van der Waals surface area contributed by atoms with Crippen LogP contribution in [0.3, 0.4) is 0 Å². The molecule has 0 bridgehead atoms. The highest BCUT2D eigenvalue weighted by Gasteiger charge is 2.29. The van der Waals surface area contributed by atoms with Crippen molar-refractivity contribution in [3.05, 3.63) is 52.0 Å². The number of rotatable bonds is 13. The standard InChI is InChI=1S/C25H31ClF3N3O4/c1-16(31-6-10-35-22-14-19(26)3-4-21(22)36-15-25(27,28)29)11-17-12-18-5-8-32(7-2-9-33)23(18)20(13-17)24(30)34/h3-4,12-14,16,31,33H,2,5-11,15H2,1H3,(H2,30,34)/t16-/m1/s1. The zero-order valence-corrected chi connectivity index (χ0v) is 20.8. The smallest absolute Gasteiger partial charge is 0.422 e. The quantitative estimate of drug-likeness (QED) is 0.342. The number of primary amides is 1. The molecule has 2 aromatic rings. The van der Waals surface area contributed by atoms with Gasteiger partial charge in [0.2, 0.25) is 0 Å². The van der Waals surface area contributed by atoms with E-state index >= 15 is 0 Å². The molecule has 0 fully saturated rings. The van der Waals surface area contributed by atoms with Gasteiger partial charge in [0, 0.05) is 43.4 Å². The van der Waals surface area contributed by atoms with Crippen molar-refractivity contribution in [2.45, 2.75) is 38.4 Å². The summed E-state index contributed by atoms with van der Waals surface area (Å²) in [7, 11) is 0. The second-order valence-electron chi connectivity index (χ2n) is 8.73. The lowest BCUT2D eigenvalue weighted by Crippen LogP contribution is -2.32. The van der Waals surface area contributed by atoms with E-state index < -0.39 is 18.7 Å². The molecule has 198 valence electrons. The molecule has 11 heteroatoms. The maximum atomic E-state index is 12.5. The van der Waals surface area contributed by atoms with E-state index in [4.69, 9.17) is 31.9 Å². The van der Waals surface area contributed by atoms with Gasteiger partial charge in [0.15, 0.2) is 18.1 Å². The van der Waals surface area contributed by atoms with Crippen LogP contribution in [0.2, 0.25) is 5.02 Å². The molecule has 0 spiro atoms. The summed E-state index contributed by atoms with van der Waals surface area (Å²) in [6, 6.07) is 8.13. The Balaban J connectivity index is 1.56. The van der Waals surface area contributed by atoms with Gasteiger partial charge in [-0.2, -0.15) is 13.2 Å². The van der Waals surface area contributed by atoms with Crippen molar-refractivity contribution in [1.82, 2.24) is 5.32 Å². The molecule has 1 heterocycles. The van der Waals surface area contributed by atoms with E-state index in [1.54, 1.807) is 0 Å². The summed E-state index contributed by atoms with van der Waals surface area (Å²) < 4.78 is 47.9. The number of aliphatic hydroxyl groups is 1. The zero-order chi connectivity index (χ0) is 26.3. The first-order chi connectivity index (χ1) is 17.1. The van der Waals surface area contributed by atoms with E-state index in [2.05, 4.69) is 16.3 Å². The first kappa shape index (κ1) is 27.9. The van der Waals surface area contributed by atoms with Crippen LogP contribution < -0.4 is 25.4 Å². The number of hydrogen-bond acceptors (Lipinski definition) is 6. The Hall–Kier alpha value is -2.69. The van der Waals surface area contributed by atoms with Crippen LogP contribution >= 0.6 is 11.6 Å². The lowest BCUT2D eigenvalue weighted by atomic mass is 9.98. The minimum absolute atomic E-state index is 0.0274. The van der Waals surface area contributed by atoms with Crippen LogP contribution in [0.5, 0.6) is 11.5 Å². The molecule has 1 aliphatic heterocycles. The maximum absolute atomic E-state index is 12.5. The molecule has 0 aromatic heterocycles. The van der Waals surface area contributed by atoms with Gasteiger partial charge in [-0.05, 0) is 55.5 Å². The number of ether oxygens (including phenoxy) is 2. The fraction of sp³-hybridized carbons (Fsp3) is 0.480. The largest absolute Gasteiger partial charge is 0.488 e. The summed E-state index contributed by atoms with van der Waals surface area (Å²) in [4.78, 5) is 14.2. The van der Waals surface area contributed by atoms with Gasteiger partial charge >= 0.3 is 6.18 Å². The zero-order valence-electron chi connectivity index (χ0n) is 20.0. The van der Waals surface area contributed by atoms with Crippen LogP contribution in [0.25, 0.3) is 0 Å². The highest BCUT2D eigenvalue weighted by molar-refractivity contribution is 6.30. The Morgan fingerprint density at radius 2 is 2.03 bits per heavy atom. The first-order valence-corrected chi connectivity index (χ1v) is 12.1. The van der Waals surface area contributed by atoms with E-state index in [-0.39, 0.29) is 30.8 Å². The van der Waals surface area contributed by atoms with Crippen molar-refractivity contribution in [3.8, 4) is 11.5 Å². The van der Waals surface area contributed by atoms with E-state index in [0.29, 0.717) is 36.5 Å². The number of aliphatic hydroxyl groups excluding tert-OH is 1.